The fourth-order valence-corrected chi connectivity index (χ4v) is 2.44. The maximum Gasteiger partial charge on any atom is 0.323 e. The summed E-state index contributed by atoms with van der Waals surface area (Å²) in [5.41, 5.74) is 6.97. The summed E-state index contributed by atoms with van der Waals surface area (Å²) in [5.74, 6) is 1.07. The molecule has 0 heterocycles. The number of nitrogens with two attached hydrogens (primary N) is 1. The van der Waals surface area contributed by atoms with Crippen molar-refractivity contribution in [1.82, 2.24) is 0 Å². The Kier molecular flexibility index (Phi) is 8.83. The lowest BCUT2D eigenvalue weighted by molar-refractivity contribution is -0.145. The molecular formula is C19H31NO2. The van der Waals surface area contributed by atoms with Crippen LogP contribution in [0.3, 0.4) is 0 Å². The predicted octanol–water partition coefficient (Wildman–Crippen LogP) is 3.95. The Hall–Kier alpha value is -1.35. The minimum Gasteiger partial charge on any atom is -0.465 e. The largest absolute Gasteiger partial charge is 0.465 e. The second-order valence-corrected chi connectivity index (χ2v) is 6.68. The van der Waals surface area contributed by atoms with Crippen molar-refractivity contribution in [2.45, 2.75) is 58.9 Å². The van der Waals surface area contributed by atoms with E-state index in [-0.39, 0.29) is 5.97 Å². The molecule has 0 aromatic heterocycles. The third kappa shape index (κ3) is 8.18. The van der Waals surface area contributed by atoms with Gasteiger partial charge in [-0.15, -0.1) is 0 Å². The van der Waals surface area contributed by atoms with E-state index in [1.807, 2.05) is 30.3 Å². The predicted molar refractivity (Wildman–Crippen MR) is 91.6 cm³/mol. The van der Waals surface area contributed by atoms with E-state index in [1.54, 1.807) is 0 Å². The molecule has 0 spiro atoms. The molecular weight excluding hydrogens is 274 g/mol. The Balaban J connectivity index is 2.17. The molecule has 3 nitrogen and oxygen atoms in total. The number of carbonyl (C=O) groups is 1. The Morgan fingerprint density at radius 2 is 1.77 bits per heavy atom. The van der Waals surface area contributed by atoms with Crippen LogP contribution in [0.4, 0.5) is 0 Å². The molecule has 22 heavy (non-hydrogen) atoms. The summed E-state index contributed by atoms with van der Waals surface area (Å²) in [6.07, 6.45) is 5.17. The summed E-state index contributed by atoms with van der Waals surface area (Å²) >= 11 is 0. The van der Waals surface area contributed by atoms with Crippen LogP contribution in [-0.4, -0.2) is 18.6 Å². The van der Waals surface area contributed by atoms with Gasteiger partial charge in [0.05, 0.1) is 6.61 Å². The summed E-state index contributed by atoms with van der Waals surface area (Å²) in [6, 6.07) is 9.24. The van der Waals surface area contributed by atoms with Crippen molar-refractivity contribution >= 4 is 5.97 Å². The molecule has 0 saturated carbocycles. The standard InChI is InChI=1S/C19H31NO2/c1-15(2)8-7-9-16(3)12-13-22-19(21)18(20)14-17-10-5-4-6-11-17/h4-6,10-11,15-16,18H,7-9,12-14,20H2,1-3H3/t16?,18-/m0/s1. The summed E-state index contributed by atoms with van der Waals surface area (Å²) in [4.78, 5) is 11.9. The third-order valence-corrected chi connectivity index (χ3v) is 3.93. The first kappa shape index (κ1) is 18.7. The van der Waals surface area contributed by atoms with E-state index in [2.05, 4.69) is 20.8 Å². The minimum atomic E-state index is -0.571. The summed E-state index contributed by atoms with van der Waals surface area (Å²) in [6.45, 7) is 7.20. The molecule has 2 N–H and O–H groups in total. The Labute approximate surface area is 135 Å². The molecule has 0 bridgehead atoms. The van der Waals surface area contributed by atoms with E-state index in [0.717, 1.165) is 17.9 Å². The van der Waals surface area contributed by atoms with Gasteiger partial charge >= 0.3 is 5.97 Å². The van der Waals surface area contributed by atoms with Crippen LogP contribution >= 0.6 is 0 Å². The first-order valence-corrected chi connectivity index (χ1v) is 8.45. The van der Waals surface area contributed by atoms with Crippen molar-refractivity contribution in [2.75, 3.05) is 6.61 Å². The number of esters is 1. The van der Waals surface area contributed by atoms with Gasteiger partial charge in [-0.05, 0) is 30.2 Å². The van der Waals surface area contributed by atoms with Gasteiger partial charge in [0.2, 0.25) is 0 Å². The van der Waals surface area contributed by atoms with Gasteiger partial charge in [0, 0.05) is 0 Å². The van der Waals surface area contributed by atoms with Crippen LogP contribution in [0.5, 0.6) is 0 Å². The molecule has 0 aliphatic carbocycles. The molecule has 124 valence electrons. The summed E-state index contributed by atoms with van der Waals surface area (Å²) in [5, 5.41) is 0. The quantitative estimate of drug-likeness (QED) is 0.666. The lowest BCUT2D eigenvalue weighted by Gasteiger charge is -2.14. The van der Waals surface area contributed by atoms with E-state index in [1.165, 1.54) is 19.3 Å². The number of hydrogen-bond donors (Lipinski definition) is 1. The van der Waals surface area contributed by atoms with Crippen molar-refractivity contribution in [3.05, 3.63) is 35.9 Å². The molecule has 0 fully saturated rings. The molecule has 3 heteroatoms. The van der Waals surface area contributed by atoms with Crippen molar-refractivity contribution in [1.29, 1.82) is 0 Å². The number of hydrogen-bond acceptors (Lipinski definition) is 3. The number of rotatable bonds is 10. The molecule has 1 aromatic carbocycles. The highest BCUT2D eigenvalue weighted by molar-refractivity contribution is 5.75. The molecule has 0 radical (unpaired) electrons. The highest BCUT2D eigenvalue weighted by Gasteiger charge is 2.15. The van der Waals surface area contributed by atoms with Gasteiger partial charge in [-0.2, -0.15) is 0 Å². The Bertz CT molecular complexity index is 417. The molecule has 0 amide bonds. The summed E-state index contributed by atoms with van der Waals surface area (Å²) in [7, 11) is 0. The normalized spacial score (nSPS) is 13.9. The monoisotopic (exact) mass is 305 g/mol. The first-order valence-electron chi connectivity index (χ1n) is 8.45. The molecule has 2 atom stereocenters. The maximum atomic E-state index is 11.9. The van der Waals surface area contributed by atoms with E-state index in [4.69, 9.17) is 10.5 Å². The highest BCUT2D eigenvalue weighted by atomic mass is 16.5. The van der Waals surface area contributed by atoms with Crippen LogP contribution in [0.1, 0.15) is 52.0 Å². The SMILES string of the molecule is CC(C)CCCC(C)CCOC(=O)[C@@H](N)Cc1ccccc1. The fraction of sp³-hybridized carbons (Fsp3) is 0.632. The first-order chi connectivity index (χ1) is 10.5. The van der Waals surface area contributed by atoms with E-state index < -0.39 is 6.04 Å². The van der Waals surface area contributed by atoms with Crippen molar-refractivity contribution < 1.29 is 9.53 Å². The maximum absolute atomic E-state index is 11.9. The molecule has 1 aromatic rings. The molecule has 0 aliphatic heterocycles. The van der Waals surface area contributed by atoms with Crippen molar-refractivity contribution in [2.24, 2.45) is 17.6 Å². The molecule has 0 aliphatic rings. The Morgan fingerprint density at radius 1 is 1.09 bits per heavy atom. The fourth-order valence-electron chi connectivity index (χ4n) is 2.44. The number of ether oxygens (including phenoxy) is 1. The second kappa shape index (κ2) is 10.4. The molecule has 1 rings (SSSR count). The average Bonchev–Trinajstić information content (AvgIpc) is 2.47. The number of carbonyl (C=O) groups excluding carboxylic acids is 1. The minimum absolute atomic E-state index is 0.293. The third-order valence-electron chi connectivity index (χ3n) is 3.93. The zero-order valence-corrected chi connectivity index (χ0v) is 14.3. The van der Waals surface area contributed by atoms with Crippen LogP contribution in [-0.2, 0) is 16.0 Å². The van der Waals surface area contributed by atoms with Gasteiger partial charge < -0.3 is 10.5 Å². The molecule has 0 saturated heterocycles. The lowest BCUT2D eigenvalue weighted by Crippen LogP contribution is -2.34. The van der Waals surface area contributed by atoms with Crippen LogP contribution in [0.25, 0.3) is 0 Å². The average molecular weight is 305 g/mol. The van der Waals surface area contributed by atoms with Crippen molar-refractivity contribution in [3.63, 3.8) is 0 Å². The van der Waals surface area contributed by atoms with Gasteiger partial charge in [0.15, 0.2) is 0 Å². The van der Waals surface area contributed by atoms with Crippen LogP contribution < -0.4 is 5.73 Å². The van der Waals surface area contributed by atoms with Gasteiger partial charge in [0.25, 0.3) is 0 Å². The Morgan fingerprint density at radius 3 is 2.41 bits per heavy atom. The van der Waals surface area contributed by atoms with Crippen LogP contribution in [0, 0.1) is 11.8 Å². The van der Waals surface area contributed by atoms with E-state index in [9.17, 15) is 4.79 Å². The smallest absolute Gasteiger partial charge is 0.323 e. The second-order valence-electron chi connectivity index (χ2n) is 6.68. The topological polar surface area (TPSA) is 52.3 Å². The van der Waals surface area contributed by atoms with Gasteiger partial charge in [-0.3, -0.25) is 4.79 Å². The highest BCUT2D eigenvalue weighted by Crippen LogP contribution is 2.15. The molecule has 1 unspecified atom stereocenters. The summed E-state index contributed by atoms with van der Waals surface area (Å²) < 4.78 is 5.31. The van der Waals surface area contributed by atoms with Gasteiger partial charge in [-0.25, -0.2) is 0 Å². The zero-order chi connectivity index (χ0) is 16.4. The van der Waals surface area contributed by atoms with Crippen LogP contribution in [0.2, 0.25) is 0 Å². The van der Waals surface area contributed by atoms with Gasteiger partial charge in [0.1, 0.15) is 6.04 Å². The van der Waals surface area contributed by atoms with E-state index in [0.29, 0.717) is 18.9 Å². The van der Waals surface area contributed by atoms with Crippen molar-refractivity contribution in [3.8, 4) is 0 Å². The zero-order valence-electron chi connectivity index (χ0n) is 14.3. The van der Waals surface area contributed by atoms with Gasteiger partial charge in [-0.1, -0.05) is 70.4 Å². The number of benzene rings is 1. The van der Waals surface area contributed by atoms with E-state index >= 15 is 0 Å². The van der Waals surface area contributed by atoms with Crippen LogP contribution in [0.15, 0.2) is 30.3 Å². The lowest BCUT2D eigenvalue weighted by atomic mass is 9.98.